The lowest BCUT2D eigenvalue weighted by atomic mass is 10.1. The fourth-order valence-electron chi connectivity index (χ4n) is 1.80. The van der Waals surface area contributed by atoms with Crippen molar-refractivity contribution in [3.63, 3.8) is 0 Å². The van der Waals surface area contributed by atoms with Gasteiger partial charge in [0.25, 0.3) is 0 Å². The summed E-state index contributed by atoms with van der Waals surface area (Å²) in [6, 6.07) is 0.794. The topological polar surface area (TPSA) is 57.2 Å². The maximum atomic E-state index is 13.6. The Kier molecular flexibility index (Phi) is 6.64. The summed E-state index contributed by atoms with van der Waals surface area (Å²) in [5.74, 6) is -1.16. The van der Waals surface area contributed by atoms with Crippen molar-refractivity contribution < 1.29 is 13.9 Å². The van der Waals surface area contributed by atoms with Gasteiger partial charge in [-0.3, -0.25) is 0 Å². The molecule has 20 heavy (non-hydrogen) atoms. The Hall–Kier alpha value is -1.43. The standard InChI is InChI=1S/C14H23F2N3O/c1-4-5-17-13-11(15)7-12(16)14(19-13)18-8-10(20)6-9(2)3/h7,9-10,20H,4-6,8H2,1-3H3,(H2,17,18,19). The number of hydrogen-bond donors (Lipinski definition) is 3. The van der Waals surface area contributed by atoms with Gasteiger partial charge in [-0.05, 0) is 18.8 Å². The Bertz CT molecular complexity index is 427. The number of nitrogens with one attached hydrogen (secondary N) is 2. The van der Waals surface area contributed by atoms with Crippen LogP contribution in [0.25, 0.3) is 0 Å². The van der Waals surface area contributed by atoms with Gasteiger partial charge in [0.2, 0.25) is 0 Å². The summed E-state index contributed by atoms with van der Waals surface area (Å²) in [5.41, 5.74) is 0. The molecular weight excluding hydrogens is 264 g/mol. The van der Waals surface area contributed by atoms with Crippen molar-refractivity contribution in [3.05, 3.63) is 17.7 Å². The van der Waals surface area contributed by atoms with Crippen molar-refractivity contribution >= 4 is 11.6 Å². The van der Waals surface area contributed by atoms with Crippen LogP contribution in [0.15, 0.2) is 6.07 Å². The first kappa shape index (κ1) is 16.6. The van der Waals surface area contributed by atoms with Crippen LogP contribution in [0.1, 0.15) is 33.6 Å². The van der Waals surface area contributed by atoms with Gasteiger partial charge in [0.15, 0.2) is 23.3 Å². The van der Waals surface area contributed by atoms with Gasteiger partial charge in [-0.25, -0.2) is 13.8 Å². The molecule has 0 saturated carbocycles. The second-order valence-corrected chi connectivity index (χ2v) is 5.24. The minimum absolute atomic E-state index is 0.0223. The van der Waals surface area contributed by atoms with Gasteiger partial charge >= 0.3 is 0 Å². The van der Waals surface area contributed by atoms with Crippen LogP contribution in [-0.2, 0) is 0 Å². The Morgan fingerprint density at radius 3 is 2.35 bits per heavy atom. The first-order chi connectivity index (χ1) is 9.43. The number of aromatic nitrogens is 1. The van der Waals surface area contributed by atoms with E-state index in [0.29, 0.717) is 18.9 Å². The zero-order chi connectivity index (χ0) is 15.1. The first-order valence-electron chi connectivity index (χ1n) is 6.95. The molecule has 1 rings (SSSR count). The molecule has 0 bridgehead atoms. The molecule has 1 atom stereocenters. The SMILES string of the molecule is CCCNc1nc(NCC(O)CC(C)C)c(F)cc1F. The average Bonchev–Trinajstić information content (AvgIpc) is 2.35. The highest BCUT2D eigenvalue weighted by molar-refractivity contribution is 5.47. The fourth-order valence-corrected chi connectivity index (χ4v) is 1.80. The Morgan fingerprint density at radius 2 is 1.80 bits per heavy atom. The van der Waals surface area contributed by atoms with Gasteiger partial charge in [-0.15, -0.1) is 0 Å². The van der Waals surface area contributed by atoms with Gasteiger partial charge in [-0.1, -0.05) is 20.8 Å². The van der Waals surface area contributed by atoms with Crippen LogP contribution < -0.4 is 10.6 Å². The summed E-state index contributed by atoms with van der Waals surface area (Å²) in [5, 5.41) is 15.2. The molecule has 1 heterocycles. The second kappa shape index (κ2) is 7.99. The highest BCUT2D eigenvalue weighted by Crippen LogP contribution is 2.19. The summed E-state index contributed by atoms with van der Waals surface area (Å²) in [6.07, 6.45) is 0.832. The number of aliphatic hydroxyl groups excluding tert-OH is 1. The Labute approximate surface area is 118 Å². The number of hydrogen-bond acceptors (Lipinski definition) is 4. The highest BCUT2D eigenvalue weighted by atomic mass is 19.1. The van der Waals surface area contributed by atoms with E-state index in [9.17, 15) is 13.9 Å². The quantitative estimate of drug-likeness (QED) is 0.688. The van der Waals surface area contributed by atoms with Crippen molar-refractivity contribution in [3.8, 4) is 0 Å². The molecule has 114 valence electrons. The molecule has 1 unspecified atom stereocenters. The van der Waals surface area contributed by atoms with Gasteiger partial charge in [0.05, 0.1) is 6.10 Å². The van der Waals surface area contributed by atoms with Crippen molar-refractivity contribution in [1.82, 2.24) is 4.98 Å². The number of aliphatic hydroxyl groups is 1. The molecule has 4 nitrogen and oxygen atoms in total. The summed E-state index contributed by atoms with van der Waals surface area (Å²) < 4.78 is 27.1. The lowest BCUT2D eigenvalue weighted by Gasteiger charge is -2.15. The molecule has 3 N–H and O–H groups in total. The molecule has 0 amide bonds. The van der Waals surface area contributed by atoms with E-state index in [1.165, 1.54) is 0 Å². The number of rotatable bonds is 8. The Morgan fingerprint density at radius 1 is 1.20 bits per heavy atom. The van der Waals surface area contributed by atoms with Crippen molar-refractivity contribution in [1.29, 1.82) is 0 Å². The molecule has 0 fully saturated rings. The van der Waals surface area contributed by atoms with E-state index in [-0.39, 0.29) is 18.2 Å². The molecule has 0 saturated heterocycles. The predicted molar refractivity (Wildman–Crippen MR) is 76.9 cm³/mol. The van der Waals surface area contributed by atoms with Crippen molar-refractivity contribution in [2.45, 2.75) is 39.7 Å². The van der Waals surface area contributed by atoms with E-state index in [2.05, 4.69) is 15.6 Å². The smallest absolute Gasteiger partial charge is 0.168 e. The third-order valence-electron chi connectivity index (χ3n) is 2.72. The largest absolute Gasteiger partial charge is 0.391 e. The van der Waals surface area contributed by atoms with Crippen molar-refractivity contribution in [2.75, 3.05) is 23.7 Å². The molecule has 6 heteroatoms. The molecule has 0 spiro atoms. The minimum atomic E-state index is -0.763. The van der Waals surface area contributed by atoms with E-state index in [1.54, 1.807) is 0 Å². The van der Waals surface area contributed by atoms with E-state index < -0.39 is 17.7 Å². The van der Waals surface area contributed by atoms with Crippen LogP contribution >= 0.6 is 0 Å². The third kappa shape index (κ3) is 5.28. The zero-order valence-electron chi connectivity index (χ0n) is 12.2. The van der Waals surface area contributed by atoms with E-state index in [1.807, 2.05) is 20.8 Å². The van der Waals surface area contributed by atoms with Crippen LogP contribution in [0.3, 0.4) is 0 Å². The summed E-state index contributed by atoms with van der Waals surface area (Å²) in [6.45, 7) is 6.67. The number of pyridine rings is 1. The summed E-state index contributed by atoms with van der Waals surface area (Å²) >= 11 is 0. The van der Waals surface area contributed by atoms with E-state index >= 15 is 0 Å². The lowest BCUT2D eigenvalue weighted by Crippen LogP contribution is -2.22. The average molecular weight is 287 g/mol. The maximum Gasteiger partial charge on any atom is 0.168 e. The fraction of sp³-hybridized carbons (Fsp3) is 0.643. The van der Waals surface area contributed by atoms with Crippen molar-refractivity contribution in [2.24, 2.45) is 5.92 Å². The van der Waals surface area contributed by atoms with Gasteiger partial charge in [0.1, 0.15) is 0 Å². The minimum Gasteiger partial charge on any atom is -0.391 e. The molecule has 0 radical (unpaired) electrons. The number of nitrogens with zero attached hydrogens (tertiary/aromatic N) is 1. The first-order valence-corrected chi connectivity index (χ1v) is 6.95. The molecule has 0 aliphatic heterocycles. The van der Waals surface area contributed by atoms with Crippen LogP contribution in [0, 0.1) is 17.6 Å². The molecule has 0 aliphatic rings. The zero-order valence-corrected chi connectivity index (χ0v) is 12.2. The molecule has 0 aliphatic carbocycles. The Balaban J connectivity index is 2.69. The number of anilines is 2. The van der Waals surface area contributed by atoms with E-state index in [4.69, 9.17) is 0 Å². The molecule has 1 aromatic heterocycles. The molecular formula is C14H23F2N3O. The van der Waals surface area contributed by atoms with Crippen LogP contribution in [0.2, 0.25) is 0 Å². The second-order valence-electron chi connectivity index (χ2n) is 5.24. The van der Waals surface area contributed by atoms with Crippen LogP contribution in [-0.4, -0.2) is 29.3 Å². The molecule has 1 aromatic rings. The van der Waals surface area contributed by atoms with E-state index in [0.717, 1.165) is 12.5 Å². The monoisotopic (exact) mass is 287 g/mol. The maximum absolute atomic E-state index is 13.6. The summed E-state index contributed by atoms with van der Waals surface area (Å²) in [7, 11) is 0. The lowest BCUT2D eigenvalue weighted by molar-refractivity contribution is 0.161. The van der Waals surface area contributed by atoms with Crippen LogP contribution in [0.4, 0.5) is 20.4 Å². The highest BCUT2D eigenvalue weighted by Gasteiger charge is 2.13. The summed E-state index contributed by atoms with van der Waals surface area (Å²) in [4.78, 5) is 3.88. The van der Waals surface area contributed by atoms with Crippen LogP contribution in [0.5, 0.6) is 0 Å². The van der Waals surface area contributed by atoms with Gasteiger partial charge in [-0.2, -0.15) is 0 Å². The molecule has 0 aromatic carbocycles. The third-order valence-corrected chi connectivity index (χ3v) is 2.72. The van der Waals surface area contributed by atoms with Gasteiger partial charge in [0, 0.05) is 19.2 Å². The normalized spacial score (nSPS) is 12.6. The predicted octanol–water partition coefficient (Wildman–Crippen LogP) is 3.00. The number of halogens is 2. The van der Waals surface area contributed by atoms with Gasteiger partial charge < -0.3 is 15.7 Å².